The maximum absolute atomic E-state index is 11.5. The summed E-state index contributed by atoms with van der Waals surface area (Å²) in [7, 11) is 0. The van der Waals surface area contributed by atoms with Crippen LogP contribution in [-0.4, -0.2) is 21.9 Å². The Morgan fingerprint density at radius 2 is 2.33 bits per heavy atom. The molecule has 0 spiro atoms. The van der Waals surface area contributed by atoms with Gasteiger partial charge in [0.2, 0.25) is 0 Å². The Labute approximate surface area is 114 Å². The Kier molecular flexibility index (Phi) is 4.15. The average molecular weight is 309 g/mol. The molecule has 0 aliphatic carbocycles. The normalized spacial score (nSPS) is 10.3. The van der Waals surface area contributed by atoms with Crippen LogP contribution >= 0.6 is 15.9 Å². The van der Waals surface area contributed by atoms with Gasteiger partial charge in [0.05, 0.1) is 18.4 Å². The van der Waals surface area contributed by atoms with E-state index in [9.17, 15) is 4.79 Å². The van der Waals surface area contributed by atoms with E-state index < -0.39 is 0 Å². The number of aromatic nitrogens is 2. The van der Waals surface area contributed by atoms with Crippen molar-refractivity contribution in [2.45, 2.75) is 13.5 Å². The first kappa shape index (κ1) is 12.8. The lowest BCUT2D eigenvalue weighted by atomic mass is 10.1. The van der Waals surface area contributed by atoms with Crippen molar-refractivity contribution in [1.82, 2.24) is 9.55 Å². The van der Waals surface area contributed by atoms with Crippen LogP contribution in [0.15, 0.2) is 41.4 Å². The predicted octanol–water partition coefficient (Wildman–Crippen LogP) is 2.93. The summed E-state index contributed by atoms with van der Waals surface area (Å²) in [6.07, 6.45) is 5.33. The highest BCUT2D eigenvalue weighted by Gasteiger charge is 2.08. The van der Waals surface area contributed by atoms with Gasteiger partial charge in [-0.3, -0.25) is 4.79 Å². The molecule has 94 valence electrons. The second-order valence-electron chi connectivity index (χ2n) is 3.85. The van der Waals surface area contributed by atoms with E-state index in [0.29, 0.717) is 24.5 Å². The van der Waals surface area contributed by atoms with Crippen molar-refractivity contribution in [2.75, 3.05) is 6.61 Å². The van der Waals surface area contributed by atoms with Crippen molar-refractivity contribution in [3.8, 4) is 5.75 Å². The third kappa shape index (κ3) is 3.20. The summed E-state index contributed by atoms with van der Waals surface area (Å²) in [5.74, 6) is 0.611. The van der Waals surface area contributed by atoms with Crippen LogP contribution in [0.5, 0.6) is 5.75 Å². The zero-order chi connectivity index (χ0) is 13.0. The third-order valence-electron chi connectivity index (χ3n) is 2.49. The molecule has 0 saturated heterocycles. The average Bonchev–Trinajstić information content (AvgIpc) is 2.84. The quantitative estimate of drug-likeness (QED) is 0.798. The molecule has 1 aromatic carbocycles. The Morgan fingerprint density at radius 1 is 1.50 bits per heavy atom. The highest BCUT2D eigenvalue weighted by molar-refractivity contribution is 9.10. The van der Waals surface area contributed by atoms with Crippen LogP contribution in [0.25, 0.3) is 0 Å². The van der Waals surface area contributed by atoms with E-state index in [1.807, 2.05) is 16.8 Å². The van der Waals surface area contributed by atoms with Crippen LogP contribution < -0.4 is 4.74 Å². The van der Waals surface area contributed by atoms with Gasteiger partial charge in [-0.2, -0.15) is 0 Å². The van der Waals surface area contributed by atoms with Gasteiger partial charge in [0.15, 0.2) is 5.78 Å². The van der Waals surface area contributed by atoms with Gasteiger partial charge in [-0.1, -0.05) is 15.9 Å². The van der Waals surface area contributed by atoms with Crippen molar-refractivity contribution >= 4 is 21.7 Å². The first-order valence-electron chi connectivity index (χ1n) is 5.56. The lowest BCUT2D eigenvalue weighted by Gasteiger charge is -2.10. The highest BCUT2D eigenvalue weighted by Crippen LogP contribution is 2.23. The van der Waals surface area contributed by atoms with E-state index in [1.54, 1.807) is 24.7 Å². The van der Waals surface area contributed by atoms with Crippen molar-refractivity contribution in [1.29, 1.82) is 0 Å². The van der Waals surface area contributed by atoms with Gasteiger partial charge in [0, 0.05) is 16.9 Å². The first-order chi connectivity index (χ1) is 8.66. The molecule has 18 heavy (non-hydrogen) atoms. The molecule has 0 unspecified atom stereocenters. The molecule has 0 radical (unpaired) electrons. The Morgan fingerprint density at radius 3 is 3.00 bits per heavy atom. The van der Waals surface area contributed by atoms with Gasteiger partial charge in [0.1, 0.15) is 12.4 Å². The van der Waals surface area contributed by atoms with Crippen molar-refractivity contribution in [3.63, 3.8) is 0 Å². The largest absolute Gasteiger partial charge is 0.491 e. The molecule has 1 aromatic heterocycles. The number of imidazole rings is 1. The third-order valence-corrected chi connectivity index (χ3v) is 2.98. The molecular weight excluding hydrogens is 296 g/mol. The van der Waals surface area contributed by atoms with Crippen LogP contribution in [0.3, 0.4) is 0 Å². The number of hydrogen-bond acceptors (Lipinski definition) is 3. The number of rotatable bonds is 5. The Bertz CT molecular complexity index is 538. The molecule has 0 aliphatic rings. The Hall–Kier alpha value is -1.62. The number of hydrogen-bond donors (Lipinski definition) is 0. The van der Waals surface area contributed by atoms with Gasteiger partial charge >= 0.3 is 0 Å². The van der Waals surface area contributed by atoms with Crippen LogP contribution in [0, 0.1) is 0 Å². The highest BCUT2D eigenvalue weighted by atomic mass is 79.9. The number of halogens is 1. The minimum absolute atomic E-state index is 0.00562. The molecule has 0 amide bonds. The van der Waals surface area contributed by atoms with Gasteiger partial charge < -0.3 is 9.30 Å². The number of Topliss-reactive ketones (excluding diaryl/α,β-unsaturated/α-hetero) is 1. The van der Waals surface area contributed by atoms with E-state index in [1.165, 1.54) is 6.92 Å². The van der Waals surface area contributed by atoms with Crippen LogP contribution in [0.1, 0.15) is 17.3 Å². The van der Waals surface area contributed by atoms with Gasteiger partial charge in [-0.25, -0.2) is 4.98 Å². The van der Waals surface area contributed by atoms with E-state index >= 15 is 0 Å². The van der Waals surface area contributed by atoms with Crippen LogP contribution in [0.4, 0.5) is 0 Å². The van der Waals surface area contributed by atoms with Gasteiger partial charge in [-0.15, -0.1) is 0 Å². The summed E-state index contributed by atoms with van der Waals surface area (Å²) >= 11 is 3.34. The smallest absolute Gasteiger partial charge is 0.163 e. The molecule has 1 heterocycles. The van der Waals surface area contributed by atoms with Gasteiger partial charge in [0.25, 0.3) is 0 Å². The van der Waals surface area contributed by atoms with Crippen LogP contribution in [0.2, 0.25) is 0 Å². The lowest BCUT2D eigenvalue weighted by Crippen LogP contribution is -2.08. The molecule has 0 bridgehead atoms. The van der Waals surface area contributed by atoms with E-state index in [0.717, 1.165) is 4.47 Å². The van der Waals surface area contributed by atoms with E-state index in [4.69, 9.17) is 4.74 Å². The van der Waals surface area contributed by atoms with Crippen molar-refractivity contribution in [3.05, 3.63) is 47.0 Å². The first-order valence-corrected chi connectivity index (χ1v) is 6.35. The summed E-state index contributed by atoms with van der Waals surface area (Å²) in [6.45, 7) is 2.73. The Balaban J connectivity index is 2.02. The molecule has 0 N–H and O–H groups in total. The number of ketones is 1. The zero-order valence-corrected chi connectivity index (χ0v) is 11.6. The molecule has 0 saturated carbocycles. The number of benzene rings is 1. The molecule has 5 heteroatoms. The van der Waals surface area contributed by atoms with Gasteiger partial charge in [-0.05, 0) is 25.1 Å². The second-order valence-corrected chi connectivity index (χ2v) is 4.76. The minimum atomic E-state index is -0.00562. The summed E-state index contributed by atoms with van der Waals surface area (Å²) in [5.41, 5.74) is 0.593. The fourth-order valence-electron chi connectivity index (χ4n) is 1.58. The predicted molar refractivity (Wildman–Crippen MR) is 71.9 cm³/mol. The lowest BCUT2D eigenvalue weighted by molar-refractivity contribution is 0.101. The monoisotopic (exact) mass is 308 g/mol. The molecule has 2 aromatic rings. The van der Waals surface area contributed by atoms with E-state index in [2.05, 4.69) is 20.9 Å². The van der Waals surface area contributed by atoms with Crippen molar-refractivity contribution in [2.24, 2.45) is 0 Å². The maximum atomic E-state index is 11.5. The van der Waals surface area contributed by atoms with Crippen LogP contribution in [-0.2, 0) is 6.54 Å². The number of carbonyl (C=O) groups is 1. The molecule has 0 aliphatic heterocycles. The minimum Gasteiger partial charge on any atom is -0.491 e. The number of carbonyl (C=O) groups excluding carboxylic acids is 1. The molecule has 0 fully saturated rings. The summed E-state index contributed by atoms with van der Waals surface area (Å²) < 4.78 is 8.43. The summed E-state index contributed by atoms with van der Waals surface area (Å²) in [5, 5.41) is 0. The van der Waals surface area contributed by atoms with E-state index in [-0.39, 0.29) is 5.78 Å². The molecular formula is C13H13BrN2O2. The summed E-state index contributed by atoms with van der Waals surface area (Å²) in [4.78, 5) is 15.4. The molecule has 0 atom stereocenters. The maximum Gasteiger partial charge on any atom is 0.163 e. The fourth-order valence-corrected chi connectivity index (χ4v) is 1.94. The molecule has 4 nitrogen and oxygen atoms in total. The fraction of sp³-hybridized carbons (Fsp3) is 0.231. The topological polar surface area (TPSA) is 44.1 Å². The SMILES string of the molecule is CC(=O)c1cc(Br)ccc1OCCn1ccnc1. The number of nitrogens with zero attached hydrogens (tertiary/aromatic N) is 2. The molecule has 2 rings (SSSR count). The number of ether oxygens (including phenoxy) is 1. The zero-order valence-electron chi connectivity index (χ0n) is 9.97. The summed E-state index contributed by atoms with van der Waals surface area (Å²) in [6, 6.07) is 5.43. The van der Waals surface area contributed by atoms with Crippen molar-refractivity contribution < 1.29 is 9.53 Å². The standard InChI is InChI=1S/C13H13BrN2O2/c1-10(17)12-8-11(14)2-3-13(12)18-7-6-16-5-4-15-9-16/h2-5,8-9H,6-7H2,1H3. The second kappa shape index (κ2) is 5.82.